The topological polar surface area (TPSA) is 69.4 Å². The third kappa shape index (κ3) is 3.89. The minimum atomic E-state index is -4.95. The Morgan fingerprint density at radius 2 is 1.83 bits per heavy atom. The van der Waals surface area contributed by atoms with Crippen LogP contribution in [0.15, 0.2) is 36.6 Å². The van der Waals surface area contributed by atoms with Gasteiger partial charge in [0, 0.05) is 18.2 Å². The number of nitrogens with zero attached hydrogens (tertiary/aromatic N) is 1. The summed E-state index contributed by atoms with van der Waals surface area (Å²) >= 11 is 0. The maximum absolute atomic E-state index is 11.8. The Labute approximate surface area is 98.6 Å². The van der Waals surface area contributed by atoms with Crippen molar-refractivity contribution in [1.29, 1.82) is 0 Å². The zero-order valence-corrected chi connectivity index (χ0v) is 8.68. The van der Waals surface area contributed by atoms with E-state index in [2.05, 4.69) is 4.74 Å². The zero-order valence-electron chi connectivity index (χ0n) is 8.68. The number of halogens is 3. The number of ether oxygens (including phenoxy) is 1. The number of carbonyl (C=O) groups is 1. The lowest BCUT2D eigenvalue weighted by Crippen LogP contribution is -2.20. The predicted molar refractivity (Wildman–Crippen MR) is 53.9 cm³/mol. The van der Waals surface area contributed by atoms with Gasteiger partial charge in [0.15, 0.2) is 0 Å². The van der Waals surface area contributed by atoms with Crippen LogP contribution in [-0.2, 0) is 4.79 Å². The molecule has 0 saturated carbocycles. The average Bonchev–Trinajstić information content (AvgIpc) is 2.28. The van der Waals surface area contributed by atoms with Gasteiger partial charge in [-0.05, 0) is 12.1 Å². The Balaban J connectivity index is 2.62. The van der Waals surface area contributed by atoms with E-state index in [1.54, 1.807) is 0 Å². The second-order valence-electron chi connectivity index (χ2n) is 3.03. The minimum absolute atomic E-state index is 0.0758. The number of carbonyl (C=O) groups excluding carboxylic acids is 1. The molecule has 1 aromatic rings. The van der Waals surface area contributed by atoms with Crippen LogP contribution in [0.2, 0.25) is 0 Å². The van der Waals surface area contributed by atoms with E-state index in [-0.39, 0.29) is 17.5 Å². The molecule has 0 amide bonds. The predicted octanol–water partition coefficient (Wildman–Crippen LogP) is 2.62. The minimum Gasteiger partial charge on any atom is -0.465 e. The van der Waals surface area contributed by atoms with Gasteiger partial charge in [-0.3, -0.25) is 14.9 Å². The lowest BCUT2D eigenvalue weighted by Gasteiger charge is -2.01. The van der Waals surface area contributed by atoms with Crippen molar-refractivity contribution in [1.82, 2.24) is 0 Å². The second-order valence-corrected chi connectivity index (χ2v) is 3.03. The lowest BCUT2D eigenvalue weighted by atomic mass is 10.3. The summed E-state index contributed by atoms with van der Waals surface area (Å²) in [7, 11) is 0. The first-order valence-electron chi connectivity index (χ1n) is 4.49. The maximum atomic E-state index is 11.8. The molecule has 0 aliphatic carbocycles. The molecular formula is C10H6F3NO4. The molecule has 1 rings (SSSR count). The average molecular weight is 261 g/mol. The van der Waals surface area contributed by atoms with Crippen molar-refractivity contribution >= 4 is 11.5 Å². The van der Waals surface area contributed by atoms with E-state index in [9.17, 15) is 28.1 Å². The number of allylic oxidation sites excluding steroid dienone is 1. The van der Waals surface area contributed by atoms with Gasteiger partial charge in [0.05, 0.1) is 11.2 Å². The van der Waals surface area contributed by atoms with Gasteiger partial charge >= 0.3 is 6.18 Å². The fraction of sp³-hybridized carbons (Fsp3) is 0.100. The van der Waals surface area contributed by atoms with Gasteiger partial charge in [0.25, 0.3) is 11.5 Å². The molecule has 0 unspecified atom stereocenters. The lowest BCUT2D eigenvalue weighted by molar-refractivity contribution is -0.384. The first kappa shape index (κ1) is 13.7. The van der Waals surface area contributed by atoms with Crippen molar-refractivity contribution in [2.45, 2.75) is 6.18 Å². The Morgan fingerprint density at radius 1 is 1.28 bits per heavy atom. The van der Waals surface area contributed by atoms with Crippen LogP contribution >= 0.6 is 0 Å². The summed E-state index contributed by atoms with van der Waals surface area (Å²) in [6.45, 7) is 0. The third-order valence-electron chi connectivity index (χ3n) is 1.75. The van der Waals surface area contributed by atoms with Gasteiger partial charge in [-0.1, -0.05) is 0 Å². The molecule has 0 aromatic heterocycles. The molecule has 0 aliphatic heterocycles. The van der Waals surface area contributed by atoms with Gasteiger partial charge in [-0.2, -0.15) is 13.2 Å². The molecule has 0 radical (unpaired) electrons. The van der Waals surface area contributed by atoms with Crippen molar-refractivity contribution in [3.63, 3.8) is 0 Å². The highest BCUT2D eigenvalue weighted by Gasteiger charge is 2.36. The van der Waals surface area contributed by atoms with Crippen molar-refractivity contribution in [3.8, 4) is 5.75 Å². The van der Waals surface area contributed by atoms with Gasteiger partial charge in [0.1, 0.15) is 5.75 Å². The van der Waals surface area contributed by atoms with Crippen LogP contribution in [0, 0.1) is 10.1 Å². The number of alkyl halides is 3. The number of hydrogen-bond acceptors (Lipinski definition) is 4. The van der Waals surface area contributed by atoms with E-state index >= 15 is 0 Å². The normalized spacial score (nSPS) is 11.5. The van der Waals surface area contributed by atoms with E-state index in [1.165, 1.54) is 12.1 Å². The standard InChI is InChI=1S/C10H6F3NO4/c11-10(12,13)9(15)5-6-18-8-3-1-7(2-4-8)14(16)17/h1-6H. The summed E-state index contributed by atoms with van der Waals surface area (Å²) in [5, 5.41) is 10.3. The van der Waals surface area contributed by atoms with E-state index in [0.29, 0.717) is 6.26 Å². The molecule has 0 atom stereocenters. The molecule has 1 aromatic carbocycles. The molecule has 0 fully saturated rings. The van der Waals surface area contributed by atoms with Crippen molar-refractivity contribution < 1.29 is 27.6 Å². The quantitative estimate of drug-likeness (QED) is 0.361. The Bertz CT molecular complexity index is 479. The van der Waals surface area contributed by atoms with Crippen LogP contribution in [-0.4, -0.2) is 16.9 Å². The fourth-order valence-corrected chi connectivity index (χ4v) is 0.915. The molecule has 0 N–H and O–H groups in total. The largest absolute Gasteiger partial charge is 0.465 e. The molecular weight excluding hydrogens is 255 g/mol. The van der Waals surface area contributed by atoms with Gasteiger partial charge < -0.3 is 4.74 Å². The highest BCUT2D eigenvalue weighted by Crippen LogP contribution is 2.19. The second kappa shape index (κ2) is 5.30. The summed E-state index contributed by atoms with van der Waals surface area (Å²) in [4.78, 5) is 20.1. The number of hydrogen-bond donors (Lipinski definition) is 0. The van der Waals surface area contributed by atoms with Crippen molar-refractivity contribution in [3.05, 3.63) is 46.7 Å². The number of nitro groups is 1. The van der Waals surface area contributed by atoms with Crippen molar-refractivity contribution in [2.75, 3.05) is 0 Å². The Hall–Kier alpha value is -2.38. The Kier molecular flexibility index (Phi) is 4.03. The molecule has 0 spiro atoms. The summed E-state index contributed by atoms with van der Waals surface area (Å²) in [6.07, 6.45) is -4.16. The highest BCUT2D eigenvalue weighted by molar-refractivity contribution is 5.94. The van der Waals surface area contributed by atoms with Crippen LogP contribution < -0.4 is 4.74 Å². The van der Waals surface area contributed by atoms with E-state index in [0.717, 1.165) is 12.1 Å². The SMILES string of the molecule is O=C(C=COc1ccc([N+](=O)[O-])cc1)C(F)(F)F. The van der Waals surface area contributed by atoms with E-state index in [1.807, 2.05) is 0 Å². The summed E-state index contributed by atoms with van der Waals surface area (Å²) in [5.41, 5.74) is -0.183. The summed E-state index contributed by atoms with van der Waals surface area (Å²) < 4.78 is 40.0. The number of ketones is 1. The molecule has 18 heavy (non-hydrogen) atoms. The smallest absolute Gasteiger partial charge is 0.454 e. The van der Waals surface area contributed by atoms with Crippen LogP contribution in [0.3, 0.4) is 0 Å². The van der Waals surface area contributed by atoms with Gasteiger partial charge in [-0.25, -0.2) is 0 Å². The maximum Gasteiger partial charge on any atom is 0.454 e. The zero-order chi connectivity index (χ0) is 13.8. The first-order valence-corrected chi connectivity index (χ1v) is 4.49. The van der Waals surface area contributed by atoms with Crippen LogP contribution in [0.5, 0.6) is 5.75 Å². The van der Waals surface area contributed by atoms with Crippen LogP contribution in [0.4, 0.5) is 18.9 Å². The Morgan fingerprint density at radius 3 is 2.28 bits per heavy atom. The summed E-state index contributed by atoms with van der Waals surface area (Å²) in [5.74, 6) is -1.98. The monoisotopic (exact) mass is 261 g/mol. The third-order valence-corrected chi connectivity index (χ3v) is 1.75. The molecule has 0 heterocycles. The number of nitro benzene ring substituents is 1. The van der Waals surface area contributed by atoms with Crippen molar-refractivity contribution in [2.24, 2.45) is 0 Å². The molecule has 5 nitrogen and oxygen atoms in total. The number of non-ortho nitro benzene ring substituents is 1. The summed E-state index contributed by atoms with van der Waals surface area (Å²) in [6, 6.07) is 4.63. The number of rotatable bonds is 4. The molecule has 0 bridgehead atoms. The van der Waals surface area contributed by atoms with E-state index < -0.39 is 16.9 Å². The number of benzene rings is 1. The first-order chi connectivity index (χ1) is 8.30. The molecule has 0 aliphatic rings. The van der Waals surface area contributed by atoms with Gasteiger partial charge in [0.2, 0.25) is 0 Å². The van der Waals surface area contributed by atoms with E-state index in [4.69, 9.17) is 0 Å². The fourth-order valence-electron chi connectivity index (χ4n) is 0.915. The molecule has 96 valence electrons. The van der Waals surface area contributed by atoms with Gasteiger partial charge in [-0.15, -0.1) is 0 Å². The molecule has 0 saturated heterocycles. The molecule has 8 heteroatoms. The highest BCUT2D eigenvalue weighted by atomic mass is 19.4. The van der Waals surface area contributed by atoms with Crippen LogP contribution in [0.1, 0.15) is 0 Å². The van der Waals surface area contributed by atoms with Crippen LogP contribution in [0.25, 0.3) is 0 Å².